The lowest BCUT2D eigenvalue weighted by Gasteiger charge is -2.33. The van der Waals surface area contributed by atoms with Gasteiger partial charge in [-0.05, 0) is 43.5 Å². The van der Waals surface area contributed by atoms with E-state index in [9.17, 15) is 31.2 Å². The molecule has 0 radical (unpaired) electrons. The molecular formula is C25H32F3N3O4S. The molecule has 0 unspecified atom stereocenters. The van der Waals surface area contributed by atoms with Crippen LogP contribution in [0.1, 0.15) is 44.7 Å². The second-order valence-electron chi connectivity index (χ2n) is 8.57. The largest absolute Gasteiger partial charge is 0.416 e. The first-order chi connectivity index (χ1) is 16.8. The number of carbonyl (C=O) groups excluding carboxylic acids is 2. The Morgan fingerprint density at radius 2 is 1.64 bits per heavy atom. The quantitative estimate of drug-likeness (QED) is 0.475. The SMILES string of the molecule is CC[C@H](C(=O)N[C@@H](C)CC)N(Cc1ccccc1)C(=O)CN(c1cccc(C(F)(F)F)c1)S(C)(=O)=O. The van der Waals surface area contributed by atoms with E-state index in [1.807, 2.05) is 13.8 Å². The van der Waals surface area contributed by atoms with Crippen molar-refractivity contribution in [2.75, 3.05) is 17.1 Å². The highest BCUT2D eigenvalue weighted by molar-refractivity contribution is 7.92. The van der Waals surface area contributed by atoms with Gasteiger partial charge in [-0.2, -0.15) is 13.2 Å². The topological polar surface area (TPSA) is 86.8 Å². The van der Waals surface area contributed by atoms with Crippen LogP contribution in [0.3, 0.4) is 0 Å². The van der Waals surface area contributed by atoms with Crippen LogP contribution in [0.2, 0.25) is 0 Å². The van der Waals surface area contributed by atoms with E-state index < -0.39 is 40.3 Å². The van der Waals surface area contributed by atoms with E-state index in [1.54, 1.807) is 37.3 Å². The average molecular weight is 528 g/mol. The van der Waals surface area contributed by atoms with Gasteiger partial charge in [0.1, 0.15) is 12.6 Å². The molecule has 0 fully saturated rings. The van der Waals surface area contributed by atoms with Crippen LogP contribution in [0.15, 0.2) is 54.6 Å². The Morgan fingerprint density at radius 1 is 1.00 bits per heavy atom. The maximum absolute atomic E-state index is 13.5. The maximum atomic E-state index is 13.5. The van der Waals surface area contributed by atoms with Crippen molar-refractivity contribution in [2.24, 2.45) is 0 Å². The number of carbonyl (C=O) groups is 2. The number of nitrogens with zero attached hydrogens (tertiary/aromatic N) is 2. The molecule has 2 aromatic rings. The van der Waals surface area contributed by atoms with E-state index in [4.69, 9.17) is 0 Å². The Kier molecular flexibility index (Phi) is 9.92. The zero-order chi connectivity index (χ0) is 27.1. The van der Waals surface area contributed by atoms with Gasteiger partial charge in [0.05, 0.1) is 17.5 Å². The zero-order valence-electron chi connectivity index (χ0n) is 20.7. The summed E-state index contributed by atoms with van der Waals surface area (Å²) >= 11 is 0. The number of sulfonamides is 1. The van der Waals surface area contributed by atoms with Crippen molar-refractivity contribution < 1.29 is 31.2 Å². The molecule has 2 rings (SSSR count). The first-order valence-corrected chi connectivity index (χ1v) is 13.4. The van der Waals surface area contributed by atoms with Crippen molar-refractivity contribution in [2.45, 2.75) is 58.4 Å². The highest BCUT2D eigenvalue weighted by atomic mass is 32.2. The Bertz CT molecular complexity index is 1140. The van der Waals surface area contributed by atoms with Crippen LogP contribution in [0, 0.1) is 0 Å². The van der Waals surface area contributed by atoms with Crippen LogP contribution in [0.25, 0.3) is 0 Å². The lowest BCUT2D eigenvalue weighted by Crippen LogP contribution is -2.53. The minimum atomic E-state index is -4.69. The van der Waals surface area contributed by atoms with Gasteiger partial charge in [0, 0.05) is 12.6 Å². The molecule has 0 aliphatic carbocycles. The number of anilines is 1. The minimum absolute atomic E-state index is 0.0201. The second kappa shape index (κ2) is 12.2. The fourth-order valence-electron chi connectivity index (χ4n) is 3.59. The fourth-order valence-corrected chi connectivity index (χ4v) is 4.43. The smallest absolute Gasteiger partial charge is 0.352 e. The van der Waals surface area contributed by atoms with Gasteiger partial charge in [-0.25, -0.2) is 8.42 Å². The summed E-state index contributed by atoms with van der Waals surface area (Å²) in [4.78, 5) is 27.8. The summed E-state index contributed by atoms with van der Waals surface area (Å²) in [5.41, 5.74) is -0.621. The number of alkyl halides is 3. The molecule has 0 saturated heterocycles. The number of hydrogen-bond acceptors (Lipinski definition) is 4. The molecule has 7 nitrogen and oxygen atoms in total. The van der Waals surface area contributed by atoms with E-state index in [0.717, 1.165) is 18.4 Å². The van der Waals surface area contributed by atoms with E-state index in [-0.39, 0.29) is 30.6 Å². The highest BCUT2D eigenvalue weighted by Gasteiger charge is 2.34. The van der Waals surface area contributed by atoms with Crippen LogP contribution in [-0.2, 0) is 32.3 Å². The molecule has 0 heterocycles. The van der Waals surface area contributed by atoms with Gasteiger partial charge in [0.15, 0.2) is 0 Å². The molecule has 0 aliphatic heterocycles. The molecule has 2 atom stereocenters. The summed E-state index contributed by atoms with van der Waals surface area (Å²) in [5, 5.41) is 2.85. The van der Waals surface area contributed by atoms with E-state index in [1.165, 1.54) is 11.0 Å². The first kappa shape index (κ1) is 29.2. The normalized spacial score (nSPS) is 13.5. The molecule has 0 spiro atoms. The summed E-state index contributed by atoms with van der Waals surface area (Å²) in [6.07, 6.45) is -2.95. The lowest BCUT2D eigenvalue weighted by molar-refractivity contribution is -0.140. The molecule has 0 bridgehead atoms. The molecular weight excluding hydrogens is 495 g/mol. The highest BCUT2D eigenvalue weighted by Crippen LogP contribution is 2.32. The summed E-state index contributed by atoms with van der Waals surface area (Å²) in [6, 6.07) is 11.6. The summed E-state index contributed by atoms with van der Waals surface area (Å²) in [6.45, 7) is 4.71. The molecule has 0 saturated carbocycles. The monoisotopic (exact) mass is 527 g/mol. The zero-order valence-corrected chi connectivity index (χ0v) is 21.6. The third kappa shape index (κ3) is 7.97. The first-order valence-electron chi connectivity index (χ1n) is 11.6. The minimum Gasteiger partial charge on any atom is -0.352 e. The van der Waals surface area contributed by atoms with Crippen molar-refractivity contribution in [3.05, 3.63) is 65.7 Å². The Labute approximate surface area is 210 Å². The summed E-state index contributed by atoms with van der Waals surface area (Å²) in [5.74, 6) is -1.10. The molecule has 36 heavy (non-hydrogen) atoms. The van der Waals surface area contributed by atoms with Gasteiger partial charge in [0.25, 0.3) is 0 Å². The maximum Gasteiger partial charge on any atom is 0.416 e. The van der Waals surface area contributed by atoms with Crippen LogP contribution in [0.4, 0.5) is 18.9 Å². The molecule has 1 N–H and O–H groups in total. The van der Waals surface area contributed by atoms with E-state index in [0.29, 0.717) is 22.4 Å². The van der Waals surface area contributed by atoms with Gasteiger partial charge in [-0.1, -0.05) is 50.2 Å². The molecule has 0 aliphatic rings. The van der Waals surface area contributed by atoms with Crippen molar-refractivity contribution in [3.63, 3.8) is 0 Å². The average Bonchev–Trinajstić information content (AvgIpc) is 2.81. The van der Waals surface area contributed by atoms with Crippen molar-refractivity contribution in [1.82, 2.24) is 10.2 Å². The second-order valence-corrected chi connectivity index (χ2v) is 10.5. The predicted molar refractivity (Wildman–Crippen MR) is 133 cm³/mol. The van der Waals surface area contributed by atoms with Crippen molar-refractivity contribution in [1.29, 1.82) is 0 Å². The predicted octanol–water partition coefficient (Wildman–Crippen LogP) is 4.19. The fraction of sp³-hybridized carbons (Fsp3) is 0.440. The van der Waals surface area contributed by atoms with Crippen LogP contribution < -0.4 is 9.62 Å². The number of rotatable bonds is 11. The standard InChI is InChI=1S/C25H32F3N3O4S/c1-5-18(3)29-24(33)22(6-2)30(16-19-11-8-7-9-12-19)23(32)17-31(36(4,34)35)21-14-10-13-20(15-21)25(26,27)28/h7-15,18,22H,5-6,16-17H2,1-4H3,(H,29,33)/t18-,22+/m0/s1. The molecule has 11 heteroatoms. The third-order valence-corrected chi connectivity index (χ3v) is 6.86. The number of benzene rings is 2. The Hall–Kier alpha value is -3.08. The van der Waals surface area contributed by atoms with Crippen molar-refractivity contribution >= 4 is 27.5 Å². The van der Waals surface area contributed by atoms with E-state index >= 15 is 0 Å². The summed E-state index contributed by atoms with van der Waals surface area (Å²) < 4.78 is 65.5. The van der Waals surface area contributed by atoms with E-state index in [2.05, 4.69) is 5.32 Å². The van der Waals surface area contributed by atoms with Crippen molar-refractivity contribution in [3.8, 4) is 0 Å². The van der Waals surface area contributed by atoms with Crippen LogP contribution in [-0.4, -0.2) is 50.0 Å². The number of hydrogen-bond donors (Lipinski definition) is 1. The van der Waals surface area contributed by atoms with Crippen LogP contribution in [0.5, 0.6) is 0 Å². The lowest BCUT2D eigenvalue weighted by atomic mass is 10.1. The Morgan fingerprint density at radius 3 is 2.17 bits per heavy atom. The summed E-state index contributed by atoms with van der Waals surface area (Å²) in [7, 11) is -4.14. The third-order valence-electron chi connectivity index (χ3n) is 5.72. The van der Waals surface area contributed by atoms with Gasteiger partial charge < -0.3 is 10.2 Å². The number of amides is 2. The number of nitrogens with one attached hydrogen (secondary N) is 1. The van der Waals surface area contributed by atoms with Gasteiger partial charge in [-0.15, -0.1) is 0 Å². The number of halogens is 3. The van der Waals surface area contributed by atoms with Gasteiger partial charge in [0.2, 0.25) is 21.8 Å². The molecule has 2 amide bonds. The van der Waals surface area contributed by atoms with Gasteiger partial charge >= 0.3 is 6.18 Å². The molecule has 0 aromatic heterocycles. The Balaban J connectivity index is 2.46. The molecule has 198 valence electrons. The molecule has 2 aromatic carbocycles. The van der Waals surface area contributed by atoms with Gasteiger partial charge in [-0.3, -0.25) is 13.9 Å². The van der Waals surface area contributed by atoms with Crippen LogP contribution >= 0.6 is 0 Å².